The molecule has 2 aromatic carbocycles. The van der Waals surface area contributed by atoms with Gasteiger partial charge in [0, 0.05) is 12.6 Å². The molecule has 0 bridgehead atoms. The van der Waals surface area contributed by atoms with Crippen LogP contribution in [-0.4, -0.2) is 35.5 Å². The Kier molecular flexibility index (Phi) is 6.25. The minimum absolute atomic E-state index is 0.0104. The number of aliphatic hydroxyl groups excluding tert-OH is 1. The predicted octanol–water partition coefficient (Wildman–Crippen LogP) is 2.35. The first-order valence-corrected chi connectivity index (χ1v) is 7.51. The number of phenolic OH excluding ortho intramolecular Hbond substituents is 1. The quantitative estimate of drug-likeness (QED) is 0.700. The summed E-state index contributed by atoms with van der Waals surface area (Å²) in [5.74, 6) is 1.10. The van der Waals surface area contributed by atoms with Gasteiger partial charge in [-0.15, -0.1) is 0 Å². The average Bonchev–Trinajstić information content (AvgIpc) is 2.54. The monoisotopic (exact) mass is 301 g/mol. The van der Waals surface area contributed by atoms with E-state index in [2.05, 4.69) is 5.32 Å². The van der Waals surface area contributed by atoms with Gasteiger partial charge in [-0.25, -0.2) is 0 Å². The summed E-state index contributed by atoms with van der Waals surface area (Å²) in [6, 6.07) is 16.7. The first kappa shape index (κ1) is 16.3. The van der Waals surface area contributed by atoms with Crippen LogP contribution in [0.4, 0.5) is 0 Å². The maximum atomic E-state index is 9.49. The number of nitrogens with one attached hydrogen (secondary N) is 1. The fourth-order valence-corrected chi connectivity index (χ4v) is 2.22. The van der Waals surface area contributed by atoms with Gasteiger partial charge in [-0.05, 0) is 43.2 Å². The summed E-state index contributed by atoms with van der Waals surface area (Å²) in [7, 11) is 0. The van der Waals surface area contributed by atoms with Gasteiger partial charge in [0.15, 0.2) is 0 Å². The molecule has 0 saturated carbocycles. The second kappa shape index (κ2) is 8.41. The standard InChI is InChI=1S/C18H23NO3/c1-14(22-18-5-3-2-4-6-18)12-19-16(13-20)11-15-7-9-17(21)10-8-15/h2-10,14,16,19-21H,11-13H2,1H3. The van der Waals surface area contributed by atoms with E-state index in [1.165, 1.54) is 0 Å². The Hall–Kier alpha value is -2.04. The Morgan fingerprint density at radius 2 is 1.73 bits per heavy atom. The van der Waals surface area contributed by atoms with E-state index in [1.54, 1.807) is 12.1 Å². The highest BCUT2D eigenvalue weighted by molar-refractivity contribution is 5.26. The molecule has 2 aromatic rings. The van der Waals surface area contributed by atoms with Gasteiger partial charge in [-0.2, -0.15) is 0 Å². The molecule has 2 atom stereocenters. The Morgan fingerprint density at radius 1 is 1.05 bits per heavy atom. The fourth-order valence-electron chi connectivity index (χ4n) is 2.22. The van der Waals surface area contributed by atoms with E-state index in [0.717, 1.165) is 11.3 Å². The maximum Gasteiger partial charge on any atom is 0.119 e. The number of hydrogen-bond acceptors (Lipinski definition) is 4. The van der Waals surface area contributed by atoms with Crippen LogP contribution in [0.2, 0.25) is 0 Å². The van der Waals surface area contributed by atoms with Crippen molar-refractivity contribution in [2.45, 2.75) is 25.5 Å². The van der Waals surface area contributed by atoms with Crippen molar-refractivity contribution < 1.29 is 14.9 Å². The largest absolute Gasteiger partial charge is 0.508 e. The lowest BCUT2D eigenvalue weighted by Crippen LogP contribution is -2.40. The maximum absolute atomic E-state index is 9.49. The second-order valence-electron chi connectivity index (χ2n) is 5.40. The number of ether oxygens (including phenoxy) is 1. The highest BCUT2D eigenvalue weighted by atomic mass is 16.5. The molecule has 22 heavy (non-hydrogen) atoms. The van der Waals surface area contributed by atoms with Crippen molar-refractivity contribution >= 4 is 0 Å². The zero-order valence-corrected chi connectivity index (χ0v) is 12.8. The van der Waals surface area contributed by atoms with Crippen LogP contribution in [0.15, 0.2) is 54.6 Å². The molecule has 4 nitrogen and oxygen atoms in total. The van der Waals surface area contributed by atoms with E-state index in [0.29, 0.717) is 13.0 Å². The Labute approximate surface area is 131 Å². The molecule has 4 heteroatoms. The zero-order valence-electron chi connectivity index (χ0n) is 12.8. The van der Waals surface area contributed by atoms with Crippen molar-refractivity contribution in [3.05, 3.63) is 60.2 Å². The number of benzene rings is 2. The van der Waals surface area contributed by atoms with Gasteiger partial charge in [-0.3, -0.25) is 0 Å². The van der Waals surface area contributed by atoms with Crippen molar-refractivity contribution in [3.63, 3.8) is 0 Å². The van der Waals surface area contributed by atoms with Gasteiger partial charge in [0.2, 0.25) is 0 Å². The predicted molar refractivity (Wildman–Crippen MR) is 87.2 cm³/mol. The Morgan fingerprint density at radius 3 is 2.36 bits per heavy atom. The third-order valence-corrected chi connectivity index (χ3v) is 3.41. The molecule has 0 saturated heterocycles. The number of aliphatic hydroxyl groups is 1. The van der Waals surface area contributed by atoms with Crippen LogP contribution < -0.4 is 10.1 Å². The molecule has 0 amide bonds. The van der Waals surface area contributed by atoms with Crippen LogP contribution >= 0.6 is 0 Å². The summed E-state index contributed by atoms with van der Waals surface area (Å²) < 4.78 is 5.80. The summed E-state index contributed by atoms with van der Waals surface area (Å²) in [6.07, 6.45) is 0.714. The Balaban J connectivity index is 1.79. The van der Waals surface area contributed by atoms with E-state index in [1.807, 2.05) is 49.4 Å². The van der Waals surface area contributed by atoms with Crippen molar-refractivity contribution in [2.75, 3.05) is 13.2 Å². The summed E-state index contributed by atoms with van der Waals surface area (Å²) in [5.41, 5.74) is 1.07. The average molecular weight is 301 g/mol. The number of rotatable bonds is 8. The van der Waals surface area contributed by atoms with E-state index < -0.39 is 0 Å². The Bertz CT molecular complexity index is 542. The third-order valence-electron chi connectivity index (χ3n) is 3.41. The summed E-state index contributed by atoms with van der Waals surface area (Å²) in [4.78, 5) is 0. The van der Waals surface area contributed by atoms with E-state index in [9.17, 15) is 10.2 Å². The lowest BCUT2D eigenvalue weighted by molar-refractivity contribution is 0.190. The topological polar surface area (TPSA) is 61.7 Å². The minimum Gasteiger partial charge on any atom is -0.508 e. The van der Waals surface area contributed by atoms with E-state index in [4.69, 9.17) is 4.74 Å². The lowest BCUT2D eigenvalue weighted by Gasteiger charge is -2.20. The first-order valence-electron chi connectivity index (χ1n) is 7.51. The number of hydrogen-bond donors (Lipinski definition) is 3. The van der Waals surface area contributed by atoms with Gasteiger partial charge < -0.3 is 20.3 Å². The van der Waals surface area contributed by atoms with Crippen LogP contribution in [0.5, 0.6) is 11.5 Å². The molecule has 0 fully saturated rings. The molecule has 0 aliphatic carbocycles. The molecule has 2 unspecified atom stereocenters. The van der Waals surface area contributed by atoms with Crippen LogP contribution in [0.3, 0.4) is 0 Å². The lowest BCUT2D eigenvalue weighted by atomic mass is 10.1. The highest BCUT2D eigenvalue weighted by Gasteiger charge is 2.11. The number of phenols is 1. The van der Waals surface area contributed by atoms with Crippen LogP contribution in [0.25, 0.3) is 0 Å². The first-order chi connectivity index (χ1) is 10.7. The highest BCUT2D eigenvalue weighted by Crippen LogP contribution is 2.12. The molecule has 118 valence electrons. The second-order valence-corrected chi connectivity index (χ2v) is 5.40. The molecule has 0 spiro atoms. The van der Waals surface area contributed by atoms with E-state index in [-0.39, 0.29) is 24.5 Å². The SMILES string of the molecule is CC(CNC(CO)Cc1ccc(O)cc1)Oc1ccccc1. The molecule has 0 radical (unpaired) electrons. The molecule has 0 aliphatic heterocycles. The number of para-hydroxylation sites is 1. The van der Waals surface area contributed by atoms with Crippen molar-refractivity contribution in [1.82, 2.24) is 5.32 Å². The molecule has 0 aromatic heterocycles. The summed E-state index contributed by atoms with van der Waals surface area (Å²) >= 11 is 0. The molecular formula is C18H23NO3. The van der Waals surface area contributed by atoms with Gasteiger partial charge in [0.25, 0.3) is 0 Å². The third kappa shape index (κ3) is 5.39. The van der Waals surface area contributed by atoms with Crippen LogP contribution in [-0.2, 0) is 6.42 Å². The van der Waals surface area contributed by atoms with Crippen molar-refractivity contribution in [2.24, 2.45) is 0 Å². The summed E-state index contributed by atoms with van der Waals surface area (Å²) in [5, 5.41) is 22.1. The number of aromatic hydroxyl groups is 1. The molecule has 0 heterocycles. The normalized spacial score (nSPS) is 13.5. The smallest absolute Gasteiger partial charge is 0.119 e. The summed E-state index contributed by atoms with van der Waals surface area (Å²) in [6.45, 7) is 2.70. The van der Waals surface area contributed by atoms with Gasteiger partial charge >= 0.3 is 0 Å². The zero-order chi connectivity index (χ0) is 15.8. The van der Waals surface area contributed by atoms with Crippen LogP contribution in [0, 0.1) is 0 Å². The fraction of sp³-hybridized carbons (Fsp3) is 0.333. The van der Waals surface area contributed by atoms with Crippen molar-refractivity contribution in [3.8, 4) is 11.5 Å². The van der Waals surface area contributed by atoms with Gasteiger partial charge in [0.05, 0.1) is 6.61 Å². The molecule has 2 rings (SSSR count). The van der Waals surface area contributed by atoms with Gasteiger partial charge in [-0.1, -0.05) is 30.3 Å². The molecule has 0 aliphatic rings. The van der Waals surface area contributed by atoms with Gasteiger partial charge in [0.1, 0.15) is 17.6 Å². The van der Waals surface area contributed by atoms with Crippen LogP contribution in [0.1, 0.15) is 12.5 Å². The van der Waals surface area contributed by atoms with E-state index >= 15 is 0 Å². The molecule has 3 N–H and O–H groups in total. The molecular weight excluding hydrogens is 278 g/mol. The minimum atomic E-state index is -0.0358. The van der Waals surface area contributed by atoms with Crippen molar-refractivity contribution in [1.29, 1.82) is 0 Å².